The molecule has 1 aromatic rings. The van der Waals surface area contributed by atoms with Crippen molar-refractivity contribution in [2.75, 3.05) is 13.7 Å². The summed E-state index contributed by atoms with van der Waals surface area (Å²) in [5.74, 6) is 0.224. The topological polar surface area (TPSA) is 76.4 Å². The maximum Gasteiger partial charge on any atom is 0.258 e. The SMILES string of the molecule is CCC(O)CCNC(=O)c1c(C)nn(C)c1OC. The minimum Gasteiger partial charge on any atom is -0.481 e. The minimum atomic E-state index is -0.373. The maximum atomic E-state index is 12.0. The third kappa shape index (κ3) is 3.22. The van der Waals surface area contributed by atoms with Crippen LogP contribution >= 0.6 is 0 Å². The van der Waals surface area contributed by atoms with Gasteiger partial charge in [-0.3, -0.25) is 4.79 Å². The number of ether oxygens (including phenoxy) is 1. The molecule has 6 nitrogen and oxygen atoms in total. The van der Waals surface area contributed by atoms with Crippen molar-refractivity contribution in [2.24, 2.45) is 7.05 Å². The molecule has 1 heterocycles. The average Bonchev–Trinajstić information content (AvgIpc) is 2.62. The van der Waals surface area contributed by atoms with Crippen LogP contribution < -0.4 is 10.1 Å². The fourth-order valence-corrected chi connectivity index (χ4v) is 1.78. The highest BCUT2D eigenvalue weighted by molar-refractivity contribution is 5.97. The predicted octanol–water partition coefficient (Wildman–Crippen LogP) is 0.628. The molecule has 0 saturated heterocycles. The third-order valence-corrected chi connectivity index (χ3v) is 2.82. The van der Waals surface area contributed by atoms with Crippen molar-refractivity contribution < 1.29 is 14.6 Å². The molecule has 0 spiro atoms. The van der Waals surface area contributed by atoms with Crippen molar-refractivity contribution in [2.45, 2.75) is 32.8 Å². The van der Waals surface area contributed by atoms with Gasteiger partial charge in [0.2, 0.25) is 5.88 Å². The van der Waals surface area contributed by atoms with E-state index in [0.29, 0.717) is 36.5 Å². The number of aliphatic hydroxyl groups excluding tert-OH is 1. The number of amides is 1. The summed E-state index contributed by atoms with van der Waals surface area (Å²) in [5.41, 5.74) is 1.08. The number of carbonyl (C=O) groups is 1. The second-order valence-electron chi connectivity index (χ2n) is 4.20. The molecule has 1 atom stereocenters. The highest BCUT2D eigenvalue weighted by Crippen LogP contribution is 2.20. The molecular formula is C12H21N3O3. The van der Waals surface area contributed by atoms with Crippen LogP contribution in [0.5, 0.6) is 5.88 Å². The summed E-state index contributed by atoms with van der Waals surface area (Å²) < 4.78 is 6.69. The number of nitrogens with zero attached hydrogens (tertiary/aromatic N) is 2. The van der Waals surface area contributed by atoms with Crippen LogP contribution in [0.1, 0.15) is 35.8 Å². The summed E-state index contributed by atoms with van der Waals surface area (Å²) in [5, 5.41) is 16.3. The molecule has 0 aromatic carbocycles. The second kappa shape index (κ2) is 6.39. The number of aliphatic hydroxyl groups is 1. The monoisotopic (exact) mass is 255 g/mol. The van der Waals surface area contributed by atoms with Crippen LogP contribution in [0.3, 0.4) is 0 Å². The molecule has 1 aromatic heterocycles. The molecular weight excluding hydrogens is 234 g/mol. The Hall–Kier alpha value is -1.56. The lowest BCUT2D eigenvalue weighted by Crippen LogP contribution is -2.27. The molecule has 102 valence electrons. The van der Waals surface area contributed by atoms with Crippen LogP contribution in [0.25, 0.3) is 0 Å². The molecule has 1 amide bonds. The molecule has 0 saturated carbocycles. The van der Waals surface area contributed by atoms with Gasteiger partial charge in [-0.2, -0.15) is 5.10 Å². The molecule has 0 aliphatic carbocycles. The molecule has 2 N–H and O–H groups in total. The Labute approximate surface area is 107 Å². The van der Waals surface area contributed by atoms with Crippen LogP contribution in [-0.2, 0) is 7.05 Å². The minimum absolute atomic E-state index is 0.222. The van der Waals surface area contributed by atoms with Crippen LogP contribution in [0.15, 0.2) is 0 Å². The van der Waals surface area contributed by atoms with Gasteiger partial charge in [-0.15, -0.1) is 0 Å². The van der Waals surface area contributed by atoms with Gasteiger partial charge in [-0.05, 0) is 19.8 Å². The van der Waals surface area contributed by atoms with Crippen LogP contribution in [-0.4, -0.2) is 40.6 Å². The quantitative estimate of drug-likeness (QED) is 0.781. The predicted molar refractivity (Wildman–Crippen MR) is 67.7 cm³/mol. The Morgan fingerprint density at radius 3 is 2.83 bits per heavy atom. The van der Waals surface area contributed by atoms with Crippen molar-refractivity contribution in [1.82, 2.24) is 15.1 Å². The summed E-state index contributed by atoms with van der Waals surface area (Å²) in [6.45, 7) is 4.10. The smallest absolute Gasteiger partial charge is 0.258 e. The lowest BCUT2D eigenvalue weighted by Gasteiger charge is -2.09. The van der Waals surface area contributed by atoms with Gasteiger partial charge in [0.1, 0.15) is 5.56 Å². The van der Waals surface area contributed by atoms with E-state index in [2.05, 4.69) is 10.4 Å². The number of hydrogen-bond acceptors (Lipinski definition) is 4. The van der Waals surface area contributed by atoms with E-state index in [9.17, 15) is 9.90 Å². The molecule has 0 radical (unpaired) electrons. The van der Waals surface area contributed by atoms with E-state index in [0.717, 1.165) is 0 Å². The number of hydrogen-bond donors (Lipinski definition) is 2. The number of rotatable bonds is 6. The van der Waals surface area contributed by atoms with E-state index in [1.165, 1.54) is 11.8 Å². The lowest BCUT2D eigenvalue weighted by molar-refractivity contribution is 0.0938. The van der Waals surface area contributed by atoms with Crippen LogP contribution in [0, 0.1) is 6.92 Å². The average molecular weight is 255 g/mol. The van der Waals surface area contributed by atoms with E-state index in [1.54, 1.807) is 14.0 Å². The van der Waals surface area contributed by atoms with Crippen molar-refractivity contribution >= 4 is 5.91 Å². The van der Waals surface area contributed by atoms with Crippen molar-refractivity contribution in [3.8, 4) is 5.88 Å². The standard InChI is InChI=1S/C12H21N3O3/c1-5-9(16)6-7-13-11(17)10-8(2)14-15(3)12(10)18-4/h9,16H,5-7H2,1-4H3,(H,13,17). The molecule has 18 heavy (non-hydrogen) atoms. The fraction of sp³-hybridized carbons (Fsp3) is 0.667. The van der Waals surface area contributed by atoms with E-state index in [4.69, 9.17) is 4.74 Å². The van der Waals surface area contributed by atoms with Crippen molar-refractivity contribution in [3.63, 3.8) is 0 Å². The summed E-state index contributed by atoms with van der Waals surface area (Å²) in [7, 11) is 3.23. The summed E-state index contributed by atoms with van der Waals surface area (Å²) in [6.07, 6.45) is 0.858. The summed E-state index contributed by atoms with van der Waals surface area (Å²) >= 11 is 0. The molecule has 0 aliphatic rings. The van der Waals surface area contributed by atoms with Gasteiger partial charge in [-0.1, -0.05) is 6.92 Å². The molecule has 1 rings (SSSR count). The first kappa shape index (κ1) is 14.5. The lowest BCUT2D eigenvalue weighted by atomic mass is 10.2. The van der Waals surface area contributed by atoms with E-state index in [-0.39, 0.29) is 12.0 Å². The third-order valence-electron chi connectivity index (χ3n) is 2.82. The molecule has 0 fully saturated rings. The first-order chi connectivity index (χ1) is 8.51. The second-order valence-corrected chi connectivity index (χ2v) is 4.20. The van der Waals surface area contributed by atoms with Crippen LogP contribution in [0.2, 0.25) is 0 Å². The fourth-order valence-electron chi connectivity index (χ4n) is 1.78. The van der Waals surface area contributed by atoms with Crippen molar-refractivity contribution in [3.05, 3.63) is 11.3 Å². The van der Waals surface area contributed by atoms with Crippen molar-refractivity contribution in [1.29, 1.82) is 0 Å². The van der Waals surface area contributed by atoms with Crippen LogP contribution in [0.4, 0.5) is 0 Å². The molecule has 0 bridgehead atoms. The van der Waals surface area contributed by atoms with Gasteiger partial charge in [0.15, 0.2) is 0 Å². The molecule has 6 heteroatoms. The van der Waals surface area contributed by atoms with Gasteiger partial charge in [0, 0.05) is 13.6 Å². The van der Waals surface area contributed by atoms with Gasteiger partial charge in [-0.25, -0.2) is 4.68 Å². The zero-order chi connectivity index (χ0) is 13.7. The summed E-state index contributed by atoms with van der Waals surface area (Å²) in [6, 6.07) is 0. The largest absolute Gasteiger partial charge is 0.481 e. The normalized spacial score (nSPS) is 12.3. The Bertz CT molecular complexity index is 415. The highest BCUT2D eigenvalue weighted by atomic mass is 16.5. The van der Waals surface area contributed by atoms with E-state index in [1.807, 2.05) is 6.92 Å². The Morgan fingerprint density at radius 2 is 2.28 bits per heavy atom. The number of nitrogens with one attached hydrogen (secondary N) is 1. The van der Waals surface area contributed by atoms with Gasteiger partial charge >= 0.3 is 0 Å². The van der Waals surface area contributed by atoms with Gasteiger partial charge in [0.05, 0.1) is 18.9 Å². The van der Waals surface area contributed by atoms with E-state index >= 15 is 0 Å². The number of methoxy groups -OCH3 is 1. The number of aryl methyl sites for hydroxylation is 2. The number of aromatic nitrogens is 2. The zero-order valence-electron chi connectivity index (χ0n) is 11.4. The number of carbonyl (C=O) groups excluding carboxylic acids is 1. The van der Waals surface area contributed by atoms with Gasteiger partial charge < -0.3 is 15.2 Å². The van der Waals surface area contributed by atoms with E-state index < -0.39 is 0 Å². The first-order valence-corrected chi connectivity index (χ1v) is 6.05. The summed E-state index contributed by atoms with van der Waals surface area (Å²) in [4.78, 5) is 12.0. The Morgan fingerprint density at radius 1 is 1.61 bits per heavy atom. The zero-order valence-corrected chi connectivity index (χ0v) is 11.4. The maximum absolute atomic E-state index is 12.0. The highest BCUT2D eigenvalue weighted by Gasteiger charge is 2.20. The molecule has 0 aliphatic heterocycles. The molecule has 1 unspecified atom stereocenters. The first-order valence-electron chi connectivity index (χ1n) is 6.05. The van der Waals surface area contributed by atoms with Gasteiger partial charge in [0.25, 0.3) is 5.91 Å². The Kier molecular flexibility index (Phi) is 5.15. The Balaban J connectivity index is 2.67.